The zero-order chi connectivity index (χ0) is 19.4. The van der Waals surface area contributed by atoms with Gasteiger partial charge >= 0.3 is 0 Å². The van der Waals surface area contributed by atoms with Gasteiger partial charge in [-0.15, -0.1) is 24.0 Å². The van der Waals surface area contributed by atoms with E-state index in [1.54, 1.807) is 13.2 Å². The third-order valence-electron chi connectivity index (χ3n) is 5.12. The van der Waals surface area contributed by atoms with Crippen molar-refractivity contribution in [1.82, 2.24) is 25.4 Å². The molecule has 0 amide bonds. The summed E-state index contributed by atoms with van der Waals surface area (Å²) in [6.45, 7) is 6.77. The quantitative estimate of drug-likeness (QED) is 0.363. The lowest BCUT2D eigenvalue weighted by Crippen LogP contribution is -2.45. The highest BCUT2D eigenvalue weighted by atomic mass is 127. The minimum Gasteiger partial charge on any atom is -0.356 e. The molecule has 2 aromatic rings. The molecule has 1 aliphatic heterocycles. The van der Waals surface area contributed by atoms with Gasteiger partial charge in [0.1, 0.15) is 5.82 Å². The Morgan fingerprint density at radius 1 is 1.39 bits per heavy atom. The average Bonchev–Trinajstić information content (AvgIpc) is 3.20. The molecule has 0 saturated carbocycles. The topological polar surface area (TPSA) is 70.4 Å². The number of nitrogens with one attached hydrogen (secondary N) is 2. The number of rotatable bonds is 5. The largest absolute Gasteiger partial charge is 0.356 e. The van der Waals surface area contributed by atoms with Crippen molar-refractivity contribution in [1.29, 1.82) is 0 Å². The first-order valence-electron chi connectivity index (χ1n) is 9.31. The number of hydrogen-bond donors (Lipinski definition) is 2. The number of anilines is 1. The van der Waals surface area contributed by atoms with Crippen LogP contribution in [-0.2, 0) is 13.5 Å². The number of halogens is 2. The van der Waals surface area contributed by atoms with Gasteiger partial charge in [0.25, 0.3) is 0 Å². The maximum atomic E-state index is 6.27. The van der Waals surface area contributed by atoms with Crippen molar-refractivity contribution in [3.63, 3.8) is 0 Å². The minimum absolute atomic E-state index is 0. The molecule has 2 aromatic heterocycles. The van der Waals surface area contributed by atoms with E-state index >= 15 is 0 Å². The summed E-state index contributed by atoms with van der Waals surface area (Å²) < 4.78 is 1.94. The second kappa shape index (κ2) is 10.3. The fourth-order valence-corrected chi connectivity index (χ4v) is 3.79. The van der Waals surface area contributed by atoms with E-state index in [-0.39, 0.29) is 24.0 Å². The SMILES string of the molecule is CN=C(NCCc1c(C)nn(C)c1C)NC1CCN(c2ncccc2Cl)C1.I. The van der Waals surface area contributed by atoms with E-state index in [1.165, 1.54) is 11.3 Å². The Morgan fingerprint density at radius 3 is 2.82 bits per heavy atom. The molecule has 1 atom stereocenters. The first kappa shape index (κ1) is 22.7. The van der Waals surface area contributed by atoms with Gasteiger partial charge in [-0.2, -0.15) is 5.10 Å². The van der Waals surface area contributed by atoms with E-state index in [0.717, 1.165) is 49.9 Å². The number of aryl methyl sites for hydroxylation is 2. The fourth-order valence-electron chi connectivity index (χ4n) is 3.55. The normalized spacial score (nSPS) is 16.8. The molecule has 3 rings (SSSR count). The molecular weight excluding hydrogens is 489 g/mol. The van der Waals surface area contributed by atoms with Crippen LogP contribution in [0.3, 0.4) is 0 Å². The minimum atomic E-state index is 0. The molecule has 1 fully saturated rings. The van der Waals surface area contributed by atoms with Gasteiger partial charge in [-0.25, -0.2) is 4.98 Å². The van der Waals surface area contributed by atoms with Crippen LogP contribution in [0.25, 0.3) is 0 Å². The van der Waals surface area contributed by atoms with Crippen molar-refractivity contribution in [2.45, 2.75) is 32.7 Å². The Morgan fingerprint density at radius 2 is 2.18 bits per heavy atom. The van der Waals surface area contributed by atoms with Gasteiger partial charge < -0.3 is 15.5 Å². The van der Waals surface area contributed by atoms with Gasteiger partial charge in [0, 0.05) is 51.7 Å². The number of hydrogen-bond acceptors (Lipinski definition) is 4. The summed E-state index contributed by atoms with van der Waals surface area (Å²) in [4.78, 5) is 11.0. The number of guanidine groups is 1. The summed E-state index contributed by atoms with van der Waals surface area (Å²) >= 11 is 6.27. The molecule has 7 nitrogen and oxygen atoms in total. The molecule has 1 saturated heterocycles. The summed E-state index contributed by atoms with van der Waals surface area (Å²) in [6, 6.07) is 4.05. The van der Waals surface area contributed by atoms with Crippen molar-refractivity contribution in [3.05, 3.63) is 40.3 Å². The molecule has 0 radical (unpaired) electrons. The number of nitrogens with zero attached hydrogens (tertiary/aromatic N) is 5. The molecule has 1 aliphatic rings. The molecule has 2 N–H and O–H groups in total. The van der Waals surface area contributed by atoms with Gasteiger partial charge in [0.05, 0.1) is 10.7 Å². The van der Waals surface area contributed by atoms with Gasteiger partial charge in [0.2, 0.25) is 0 Å². The third-order valence-corrected chi connectivity index (χ3v) is 5.41. The standard InChI is InChI=1S/C19H28ClN7.HI/c1-13-16(14(2)26(4)25-13)7-10-23-19(21-3)24-15-8-11-27(12-15)18-17(20)6-5-9-22-18;/h5-6,9,15H,7-8,10-12H2,1-4H3,(H2,21,23,24);1H. The molecule has 0 spiro atoms. The molecule has 0 bridgehead atoms. The Balaban J connectivity index is 0.00000280. The molecule has 28 heavy (non-hydrogen) atoms. The lowest BCUT2D eigenvalue weighted by atomic mass is 10.1. The predicted molar refractivity (Wildman–Crippen MR) is 126 cm³/mol. The van der Waals surface area contributed by atoms with Gasteiger partial charge in [0.15, 0.2) is 5.96 Å². The van der Waals surface area contributed by atoms with Gasteiger partial charge in [-0.05, 0) is 44.4 Å². The first-order valence-corrected chi connectivity index (χ1v) is 9.69. The van der Waals surface area contributed by atoms with E-state index in [1.807, 2.05) is 23.9 Å². The van der Waals surface area contributed by atoms with Crippen LogP contribution in [0.15, 0.2) is 23.3 Å². The molecule has 3 heterocycles. The summed E-state index contributed by atoms with van der Waals surface area (Å²) in [5.41, 5.74) is 3.62. The maximum absolute atomic E-state index is 6.27. The van der Waals surface area contributed by atoms with Crippen molar-refractivity contribution >= 4 is 47.4 Å². The van der Waals surface area contributed by atoms with E-state index in [9.17, 15) is 0 Å². The number of pyridine rings is 1. The molecular formula is C19H29ClIN7. The highest BCUT2D eigenvalue weighted by Crippen LogP contribution is 2.25. The Kier molecular flexibility index (Phi) is 8.36. The molecule has 9 heteroatoms. The van der Waals surface area contributed by atoms with Gasteiger partial charge in [-0.1, -0.05) is 11.6 Å². The first-order chi connectivity index (χ1) is 13.0. The average molecular weight is 518 g/mol. The molecule has 0 aliphatic carbocycles. The van der Waals surface area contributed by atoms with Gasteiger partial charge in [-0.3, -0.25) is 9.67 Å². The van der Waals surface area contributed by atoms with Crippen molar-refractivity contribution in [2.24, 2.45) is 12.0 Å². The summed E-state index contributed by atoms with van der Waals surface area (Å²) in [5.74, 6) is 1.68. The Hall–Kier alpha value is -1.55. The van der Waals surface area contributed by atoms with E-state index in [2.05, 4.69) is 44.5 Å². The molecule has 1 unspecified atom stereocenters. The van der Waals surface area contributed by atoms with Crippen molar-refractivity contribution in [2.75, 3.05) is 31.6 Å². The highest BCUT2D eigenvalue weighted by Gasteiger charge is 2.25. The monoisotopic (exact) mass is 517 g/mol. The predicted octanol–water partition coefficient (Wildman–Crippen LogP) is 2.69. The Labute approximate surface area is 189 Å². The van der Waals surface area contributed by atoms with Crippen LogP contribution in [0.1, 0.15) is 23.4 Å². The van der Waals surface area contributed by atoms with Crippen LogP contribution < -0.4 is 15.5 Å². The lowest BCUT2D eigenvalue weighted by molar-refractivity contribution is 0.647. The molecule has 0 aromatic carbocycles. The maximum Gasteiger partial charge on any atom is 0.191 e. The van der Waals surface area contributed by atoms with E-state index < -0.39 is 0 Å². The van der Waals surface area contributed by atoms with Crippen LogP contribution in [0.2, 0.25) is 5.02 Å². The van der Waals surface area contributed by atoms with Crippen LogP contribution in [0, 0.1) is 13.8 Å². The van der Waals surface area contributed by atoms with E-state index in [4.69, 9.17) is 11.6 Å². The summed E-state index contributed by atoms with van der Waals surface area (Å²) in [7, 11) is 3.79. The second-order valence-electron chi connectivity index (χ2n) is 6.91. The second-order valence-corrected chi connectivity index (χ2v) is 7.31. The zero-order valence-electron chi connectivity index (χ0n) is 16.9. The van der Waals surface area contributed by atoms with Crippen LogP contribution >= 0.6 is 35.6 Å². The fraction of sp³-hybridized carbons (Fsp3) is 0.526. The Bertz CT molecular complexity index is 821. The van der Waals surface area contributed by atoms with Crippen LogP contribution in [0.4, 0.5) is 5.82 Å². The van der Waals surface area contributed by atoms with E-state index in [0.29, 0.717) is 11.1 Å². The van der Waals surface area contributed by atoms with Crippen molar-refractivity contribution in [3.8, 4) is 0 Å². The molecule has 154 valence electrons. The lowest BCUT2D eigenvalue weighted by Gasteiger charge is -2.20. The zero-order valence-corrected chi connectivity index (χ0v) is 20.0. The summed E-state index contributed by atoms with van der Waals surface area (Å²) in [5, 5.41) is 12.1. The number of aliphatic imine (C=N–C) groups is 1. The van der Waals surface area contributed by atoms with Crippen LogP contribution in [0.5, 0.6) is 0 Å². The highest BCUT2D eigenvalue weighted by molar-refractivity contribution is 14.0. The summed E-state index contributed by atoms with van der Waals surface area (Å²) in [6.07, 6.45) is 3.73. The smallest absolute Gasteiger partial charge is 0.191 e. The third kappa shape index (κ3) is 5.28. The van der Waals surface area contributed by atoms with Crippen molar-refractivity contribution < 1.29 is 0 Å². The van der Waals surface area contributed by atoms with Crippen LogP contribution in [-0.4, -0.2) is 53.4 Å². The number of aromatic nitrogens is 3.